The molecule has 0 bridgehead atoms. The number of benzene rings is 2. The summed E-state index contributed by atoms with van der Waals surface area (Å²) in [6.07, 6.45) is 7.92. The van der Waals surface area contributed by atoms with Gasteiger partial charge in [0.15, 0.2) is 0 Å². The van der Waals surface area contributed by atoms with Gasteiger partial charge in [0.05, 0.1) is 0 Å². The maximum atomic E-state index is 11.8. The molecular formula is C29H32N3OS+. The van der Waals surface area contributed by atoms with Crippen LogP contribution in [-0.2, 0) is 11.3 Å². The van der Waals surface area contributed by atoms with Gasteiger partial charge in [-0.3, -0.25) is 4.79 Å². The first-order chi connectivity index (χ1) is 16.7. The van der Waals surface area contributed by atoms with E-state index in [0.717, 1.165) is 25.8 Å². The van der Waals surface area contributed by atoms with Crippen molar-refractivity contribution < 1.29 is 9.36 Å². The Morgan fingerprint density at radius 2 is 1.71 bits per heavy atom. The SMILES string of the molecule is NCCNC(=O)CCCCC[n+]1c(/C=C/c2ccc(-c3ccccc3)s2)ccc2ccccc21. The van der Waals surface area contributed by atoms with Gasteiger partial charge in [-0.15, -0.1) is 11.3 Å². The molecule has 0 unspecified atom stereocenters. The highest BCUT2D eigenvalue weighted by Gasteiger charge is 2.13. The molecule has 2 heterocycles. The highest BCUT2D eigenvalue weighted by atomic mass is 32.1. The predicted octanol–water partition coefficient (Wildman–Crippen LogP) is 5.66. The van der Waals surface area contributed by atoms with Crippen LogP contribution < -0.4 is 15.6 Å². The molecule has 0 aliphatic rings. The summed E-state index contributed by atoms with van der Waals surface area (Å²) in [4.78, 5) is 14.3. The molecule has 0 saturated heterocycles. The largest absolute Gasteiger partial charge is 0.355 e. The number of hydrogen-bond acceptors (Lipinski definition) is 3. The fourth-order valence-electron chi connectivity index (χ4n) is 4.07. The van der Waals surface area contributed by atoms with E-state index >= 15 is 0 Å². The number of fused-ring (bicyclic) bond motifs is 1. The molecule has 4 aromatic rings. The van der Waals surface area contributed by atoms with Crippen LogP contribution in [0.3, 0.4) is 0 Å². The standard InChI is InChI=1S/C29H31N3OS/c30-20-21-31-29(33)13-5-2-8-22-32-25(15-14-23-9-6-7-12-27(23)32)16-17-26-18-19-28(34-26)24-10-3-1-4-11-24/h1,3-4,6-7,9-12,14-19H,2,5,8,13,20-22,30H2/p+1/b17-16+. The van der Waals surface area contributed by atoms with Crippen molar-refractivity contribution in [2.75, 3.05) is 13.1 Å². The van der Waals surface area contributed by atoms with E-state index in [1.54, 1.807) is 11.3 Å². The molecule has 0 atom stereocenters. The molecule has 4 rings (SSSR count). The molecular weight excluding hydrogens is 438 g/mol. The van der Waals surface area contributed by atoms with Gasteiger partial charge in [-0.25, -0.2) is 0 Å². The smallest absolute Gasteiger partial charge is 0.220 e. The van der Waals surface area contributed by atoms with Crippen LogP contribution >= 0.6 is 11.3 Å². The normalized spacial score (nSPS) is 11.3. The highest BCUT2D eigenvalue weighted by Crippen LogP contribution is 2.29. The van der Waals surface area contributed by atoms with Crippen molar-refractivity contribution in [1.82, 2.24) is 5.32 Å². The maximum absolute atomic E-state index is 11.8. The van der Waals surface area contributed by atoms with Crippen molar-refractivity contribution in [3.63, 3.8) is 0 Å². The van der Waals surface area contributed by atoms with E-state index < -0.39 is 0 Å². The van der Waals surface area contributed by atoms with E-state index in [4.69, 9.17) is 5.73 Å². The Bertz CT molecular complexity index is 1250. The Hall–Kier alpha value is -3.28. The summed E-state index contributed by atoms with van der Waals surface area (Å²) in [7, 11) is 0. The first-order valence-electron chi connectivity index (χ1n) is 12.0. The topological polar surface area (TPSA) is 59.0 Å². The Morgan fingerprint density at radius 3 is 2.56 bits per heavy atom. The van der Waals surface area contributed by atoms with E-state index in [2.05, 4.69) is 94.8 Å². The number of aryl methyl sites for hydroxylation is 1. The van der Waals surface area contributed by atoms with Crippen LogP contribution in [0, 0.1) is 0 Å². The lowest BCUT2D eigenvalue weighted by Crippen LogP contribution is -2.38. The molecule has 4 nitrogen and oxygen atoms in total. The molecule has 0 aliphatic carbocycles. The van der Waals surface area contributed by atoms with Crippen LogP contribution in [0.2, 0.25) is 0 Å². The van der Waals surface area contributed by atoms with E-state index in [-0.39, 0.29) is 5.91 Å². The summed E-state index contributed by atoms with van der Waals surface area (Å²) in [5.41, 5.74) is 9.13. The summed E-state index contributed by atoms with van der Waals surface area (Å²) in [5.74, 6) is 0.0951. The lowest BCUT2D eigenvalue weighted by Gasteiger charge is -2.06. The van der Waals surface area contributed by atoms with E-state index in [9.17, 15) is 4.79 Å². The molecule has 174 valence electrons. The number of para-hydroxylation sites is 1. The Balaban J connectivity index is 1.46. The summed E-state index contributed by atoms with van der Waals surface area (Å²) in [6.45, 7) is 1.96. The van der Waals surface area contributed by atoms with Gasteiger partial charge in [-0.05, 0) is 48.7 Å². The lowest BCUT2D eigenvalue weighted by atomic mass is 10.1. The number of carbonyl (C=O) groups excluding carboxylic acids is 1. The first-order valence-corrected chi connectivity index (χ1v) is 12.8. The van der Waals surface area contributed by atoms with Crippen LogP contribution in [0.15, 0.2) is 78.9 Å². The van der Waals surface area contributed by atoms with E-state index in [1.807, 2.05) is 6.07 Å². The number of carbonyl (C=O) groups is 1. The molecule has 0 radical (unpaired) electrons. The molecule has 2 aromatic heterocycles. The maximum Gasteiger partial charge on any atom is 0.220 e. The summed E-state index contributed by atoms with van der Waals surface area (Å²) >= 11 is 1.81. The van der Waals surface area contributed by atoms with Gasteiger partial charge < -0.3 is 11.1 Å². The van der Waals surface area contributed by atoms with Gasteiger partial charge in [0, 0.05) is 59.3 Å². The summed E-state index contributed by atoms with van der Waals surface area (Å²) in [6, 6.07) is 27.8. The zero-order chi connectivity index (χ0) is 23.6. The average Bonchev–Trinajstić information content (AvgIpc) is 3.36. The molecule has 0 spiro atoms. The minimum atomic E-state index is 0.0951. The fourth-order valence-corrected chi connectivity index (χ4v) is 4.99. The monoisotopic (exact) mass is 470 g/mol. The van der Waals surface area contributed by atoms with Crippen molar-refractivity contribution in [2.45, 2.75) is 32.2 Å². The molecule has 1 amide bonds. The predicted molar refractivity (Wildman–Crippen MR) is 143 cm³/mol. The van der Waals surface area contributed by atoms with Crippen LogP contribution in [0.25, 0.3) is 33.5 Å². The number of nitrogens with zero attached hydrogens (tertiary/aromatic N) is 1. The number of rotatable bonds is 11. The van der Waals surface area contributed by atoms with Crippen molar-refractivity contribution in [2.24, 2.45) is 5.73 Å². The van der Waals surface area contributed by atoms with Gasteiger partial charge in [-0.1, -0.05) is 42.5 Å². The van der Waals surface area contributed by atoms with Gasteiger partial charge in [0.25, 0.3) is 0 Å². The molecule has 0 aliphatic heterocycles. The molecule has 5 heteroatoms. The second kappa shape index (κ2) is 12.3. The lowest BCUT2D eigenvalue weighted by molar-refractivity contribution is -0.673. The zero-order valence-electron chi connectivity index (χ0n) is 19.5. The number of nitrogens with two attached hydrogens (primary N) is 1. The van der Waals surface area contributed by atoms with Gasteiger partial charge in [0.2, 0.25) is 17.1 Å². The third-order valence-electron chi connectivity index (χ3n) is 5.83. The number of pyridine rings is 1. The second-order valence-electron chi connectivity index (χ2n) is 8.32. The van der Waals surface area contributed by atoms with Crippen LogP contribution in [0.1, 0.15) is 36.3 Å². The van der Waals surface area contributed by atoms with Crippen LogP contribution in [-0.4, -0.2) is 19.0 Å². The van der Waals surface area contributed by atoms with Crippen molar-refractivity contribution in [1.29, 1.82) is 0 Å². The second-order valence-corrected chi connectivity index (χ2v) is 9.43. The summed E-state index contributed by atoms with van der Waals surface area (Å²) in [5, 5.41) is 4.08. The quantitative estimate of drug-likeness (QED) is 0.219. The number of unbranched alkanes of at least 4 members (excludes halogenated alkanes) is 2. The third kappa shape index (κ3) is 6.40. The number of nitrogens with one attached hydrogen (secondary N) is 1. The Kier molecular flexibility index (Phi) is 8.60. The van der Waals surface area contributed by atoms with Gasteiger partial charge >= 0.3 is 0 Å². The minimum Gasteiger partial charge on any atom is -0.355 e. The van der Waals surface area contributed by atoms with E-state index in [0.29, 0.717) is 19.5 Å². The number of thiophene rings is 1. The molecule has 2 aromatic carbocycles. The van der Waals surface area contributed by atoms with Crippen LogP contribution in [0.5, 0.6) is 0 Å². The molecule has 0 fully saturated rings. The fraction of sp³-hybridized carbons (Fsp3) is 0.241. The molecule has 3 N–H and O–H groups in total. The summed E-state index contributed by atoms with van der Waals surface area (Å²) < 4.78 is 2.39. The number of aromatic nitrogens is 1. The van der Waals surface area contributed by atoms with Gasteiger partial charge in [-0.2, -0.15) is 4.57 Å². The van der Waals surface area contributed by atoms with Crippen molar-refractivity contribution in [3.8, 4) is 10.4 Å². The first kappa shape index (κ1) is 23.9. The number of hydrogen-bond donors (Lipinski definition) is 2. The van der Waals surface area contributed by atoms with Crippen molar-refractivity contribution in [3.05, 3.63) is 89.4 Å². The molecule has 0 saturated carbocycles. The third-order valence-corrected chi connectivity index (χ3v) is 6.93. The number of amides is 1. The Morgan fingerprint density at radius 1 is 0.882 bits per heavy atom. The van der Waals surface area contributed by atoms with Gasteiger partial charge in [0.1, 0.15) is 6.54 Å². The Labute approximate surface area is 205 Å². The zero-order valence-corrected chi connectivity index (χ0v) is 20.3. The van der Waals surface area contributed by atoms with Crippen LogP contribution in [0.4, 0.5) is 0 Å². The minimum absolute atomic E-state index is 0.0951. The molecule has 34 heavy (non-hydrogen) atoms. The average molecular weight is 471 g/mol. The highest BCUT2D eigenvalue weighted by molar-refractivity contribution is 7.16. The van der Waals surface area contributed by atoms with E-state index in [1.165, 1.54) is 31.9 Å². The van der Waals surface area contributed by atoms with Crippen molar-refractivity contribution >= 4 is 40.3 Å².